The van der Waals surface area contributed by atoms with Crippen molar-refractivity contribution in [3.8, 4) is 0 Å². The maximum absolute atomic E-state index is 6.30. The molecule has 2 aromatic heterocycles. The summed E-state index contributed by atoms with van der Waals surface area (Å²) in [6, 6.07) is 9.66. The Bertz CT molecular complexity index is 737. The second-order valence-electron chi connectivity index (χ2n) is 4.61. The minimum Gasteiger partial charge on any atom is -0.329 e. The molecule has 0 bridgehead atoms. The van der Waals surface area contributed by atoms with E-state index >= 15 is 0 Å². The highest BCUT2D eigenvalue weighted by atomic mass is 35.5. The van der Waals surface area contributed by atoms with E-state index in [0.29, 0.717) is 10.0 Å². The van der Waals surface area contributed by atoms with E-state index in [2.05, 4.69) is 9.55 Å². The maximum Gasteiger partial charge on any atom is 0.0952 e. The van der Waals surface area contributed by atoms with Gasteiger partial charge in [-0.2, -0.15) is 0 Å². The maximum atomic E-state index is 6.30. The number of nitrogens with zero attached hydrogens (tertiary/aromatic N) is 2. The van der Waals surface area contributed by atoms with E-state index < -0.39 is 0 Å². The van der Waals surface area contributed by atoms with Crippen LogP contribution < -0.4 is 0 Å². The lowest BCUT2D eigenvalue weighted by atomic mass is 10.0. The number of hydrogen-bond donors (Lipinski definition) is 0. The standard InChI is InChI=1S/C15H11Cl3N2S/c16-11-2-1-10(12(17)8-11)7-13(20-6-5-19-9-20)14-3-4-15(18)21-14/h1-6,8-9,13H,7H2. The lowest BCUT2D eigenvalue weighted by molar-refractivity contribution is 0.590. The molecule has 2 heterocycles. The Morgan fingerprint density at radius 1 is 1.14 bits per heavy atom. The molecule has 1 aromatic carbocycles. The van der Waals surface area contributed by atoms with E-state index in [1.54, 1.807) is 23.6 Å². The second-order valence-corrected chi connectivity index (χ2v) is 7.20. The normalized spacial score (nSPS) is 12.5. The molecule has 1 atom stereocenters. The van der Waals surface area contributed by atoms with Gasteiger partial charge in [0.1, 0.15) is 0 Å². The molecular formula is C15H11Cl3N2S. The van der Waals surface area contributed by atoms with Crippen LogP contribution in [0.5, 0.6) is 0 Å². The van der Waals surface area contributed by atoms with E-state index in [0.717, 1.165) is 16.3 Å². The quantitative estimate of drug-likeness (QED) is 0.582. The predicted molar refractivity (Wildman–Crippen MR) is 89.9 cm³/mol. The largest absolute Gasteiger partial charge is 0.329 e. The van der Waals surface area contributed by atoms with E-state index in [1.807, 2.05) is 36.8 Å². The number of halogens is 3. The van der Waals surface area contributed by atoms with Crippen molar-refractivity contribution in [3.63, 3.8) is 0 Å². The Labute approximate surface area is 141 Å². The Morgan fingerprint density at radius 3 is 2.62 bits per heavy atom. The summed E-state index contributed by atoms with van der Waals surface area (Å²) < 4.78 is 2.84. The van der Waals surface area contributed by atoms with Crippen molar-refractivity contribution in [2.24, 2.45) is 0 Å². The number of imidazole rings is 1. The monoisotopic (exact) mass is 356 g/mol. The van der Waals surface area contributed by atoms with E-state index in [1.165, 1.54) is 4.88 Å². The Balaban J connectivity index is 1.96. The van der Waals surface area contributed by atoms with Crippen LogP contribution in [0.4, 0.5) is 0 Å². The topological polar surface area (TPSA) is 17.8 Å². The van der Waals surface area contributed by atoms with Gasteiger partial charge in [0.05, 0.1) is 16.7 Å². The lowest BCUT2D eigenvalue weighted by Gasteiger charge is -2.18. The molecule has 0 spiro atoms. The molecule has 3 rings (SSSR count). The van der Waals surface area contributed by atoms with Crippen molar-refractivity contribution in [2.75, 3.05) is 0 Å². The molecule has 0 aliphatic rings. The first kappa shape index (κ1) is 14.9. The SMILES string of the molecule is Clc1ccc(CC(c2ccc(Cl)s2)n2ccnc2)c(Cl)c1. The van der Waals surface area contributed by atoms with Crippen molar-refractivity contribution in [1.82, 2.24) is 9.55 Å². The molecule has 0 saturated heterocycles. The van der Waals surface area contributed by atoms with Crippen molar-refractivity contribution < 1.29 is 0 Å². The number of aromatic nitrogens is 2. The van der Waals surface area contributed by atoms with E-state index in [-0.39, 0.29) is 6.04 Å². The number of rotatable bonds is 4. The van der Waals surface area contributed by atoms with Crippen LogP contribution in [-0.2, 0) is 6.42 Å². The van der Waals surface area contributed by atoms with E-state index in [9.17, 15) is 0 Å². The van der Waals surface area contributed by atoms with Crippen LogP contribution in [0.15, 0.2) is 49.1 Å². The van der Waals surface area contributed by atoms with Crippen LogP contribution in [0.3, 0.4) is 0 Å². The highest BCUT2D eigenvalue weighted by molar-refractivity contribution is 7.16. The zero-order chi connectivity index (χ0) is 14.8. The van der Waals surface area contributed by atoms with Crippen LogP contribution in [0.1, 0.15) is 16.5 Å². The number of hydrogen-bond acceptors (Lipinski definition) is 2. The molecule has 0 N–H and O–H groups in total. The third kappa shape index (κ3) is 3.43. The Kier molecular flexibility index (Phi) is 4.55. The van der Waals surface area contributed by atoms with Gasteiger partial charge in [-0.15, -0.1) is 11.3 Å². The van der Waals surface area contributed by atoms with Crippen LogP contribution in [0, 0.1) is 0 Å². The first-order valence-electron chi connectivity index (χ1n) is 6.30. The lowest BCUT2D eigenvalue weighted by Crippen LogP contribution is -2.11. The predicted octanol–water partition coefficient (Wildman–Crippen LogP) is 5.74. The van der Waals surface area contributed by atoms with Crippen molar-refractivity contribution in [1.29, 1.82) is 0 Å². The molecule has 108 valence electrons. The van der Waals surface area contributed by atoms with Gasteiger partial charge in [0.2, 0.25) is 0 Å². The van der Waals surface area contributed by atoms with Gasteiger partial charge < -0.3 is 4.57 Å². The molecule has 6 heteroatoms. The first-order chi connectivity index (χ1) is 10.1. The Morgan fingerprint density at radius 2 is 2.00 bits per heavy atom. The number of benzene rings is 1. The molecular weight excluding hydrogens is 347 g/mol. The molecule has 2 nitrogen and oxygen atoms in total. The zero-order valence-corrected chi connectivity index (χ0v) is 13.9. The highest BCUT2D eigenvalue weighted by Gasteiger charge is 2.17. The number of thiophene rings is 1. The van der Waals surface area contributed by atoms with Gasteiger partial charge in [-0.3, -0.25) is 0 Å². The summed E-state index contributed by atoms with van der Waals surface area (Å²) in [6.07, 6.45) is 6.28. The molecule has 3 aromatic rings. The smallest absolute Gasteiger partial charge is 0.0952 e. The van der Waals surface area contributed by atoms with Gasteiger partial charge >= 0.3 is 0 Å². The molecule has 0 amide bonds. The van der Waals surface area contributed by atoms with Crippen molar-refractivity contribution in [2.45, 2.75) is 12.5 Å². The molecule has 1 unspecified atom stereocenters. The molecule has 0 aliphatic heterocycles. The molecule has 0 saturated carbocycles. The molecule has 0 radical (unpaired) electrons. The summed E-state index contributed by atoms with van der Waals surface area (Å²) >= 11 is 19.9. The van der Waals surface area contributed by atoms with Crippen LogP contribution in [0.2, 0.25) is 14.4 Å². The van der Waals surface area contributed by atoms with Gasteiger partial charge in [-0.1, -0.05) is 40.9 Å². The van der Waals surface area contributed by atoms with Gasteiger partial charge in [-0.25, -0.2) is 4.98 Å². The summed E-state index contributed by atoms with van der Waals surface area (Å²) in [7, 11) is 0. The van der Waals surface area contributed by atoms with Crippen LogP contribution >= 0.6 is 46.1 Å². The van der Waals surface area contributed by atoms with Gasteiger partial charge in [0.15, 0.2) is 0 Å². The van der Waals surface area contributed by atoms with Crippen LogP contribution in [-0.4, -0.2) is 9.55 Å². The minimum atomic E-state index is 0.115. The van der Waals surface area contributed by atoms with E-state index in [4.69, 9.17) is 34.8 Å². The van der Waals surface area contributed by atoms with Crippen molar-refractivity contribution >= 4 is 46.1 Å². The molecule has 0 fully saturated rings. The van der Waals surface area contributed by atoms with Gasteiger partial charge in [0, 0.05) is 27.3 Å². The highest BCUT2D eigenvalue weighted by Crippen LogP contribution is 2.33. The second kappa shape index (κ2) is 6.41. The Hall–Kier alpha value is -1.00. The van der Waals surface area contributed by atoms with Gasteiger partial charge in [0.25, 0.3) is 0 Å². The minimum absolute atomic E-state index is 0.115. The summed E-state index contributed by atoms with van der Waals surface area (Å²) in [6.45, 7) is 0. The average Bonchev–Trinajstić information content (AvgIpc) is 3.09. The average molecular weight is 358 g/mol. The fourth-order valence-electron chi connectivity index (χ4n) is 2.21. The summed E-state index contributed by atoms with van der Waals surface area (Å²) in [5.41, 5.74) is 1.05. The fraction of sp³-hybridized carbons (Fsp3) is 0.133. The zero-order valence-electron chi connectivity index (χ0n) is 10.8. The summed E-state index contributed by atoms with van der Waals surface area (Å²) in [5.74, 6) is 0. The molecule has 0 aliphatic carbocycles. The van der Waals surface area contributed by atoms with Crippen molar-refractivity contribution in [3.05, 3.63) is 73.9 Å². The van der Waals surface area contributed by atoms with Crippen LogP contribution in [0.25, 0.3) is 0 Å². The van der Waals surface area contributed by atoms with Gasteiger partial charge in [-0.05, 0) is 36.2 Å². The first-order valence-corrected chi connectivity index (χ1v) is 8.25. The summed E-state index contributed by atoms with van der Waals surface area (Å²) in [5, 5.41) is 1.32. The third-order valence-corrected chi connectivity index (χ3v) is 5.15. The molecule has 21 heavy (non-hydrogen) atoms. The third-order valence-electron chi connectivity index (χ3n) is 3.24. The fourth-order valence-corrected chi connectivity index (χ4v) is 3.86. The summed E-state index contributed by atoms with van der Waals surface area (Å²) in [4.78, 5) is 5.30.